The molecule has 0 N–H and O–H groups in total. The Hall–Kier alpha value is -2.27. The number of hydrogen-bond acceptors (Lipinski definition) is 4. The topological polar surface area (TPSA) is 62.6 Å². The molecule has 1 unspecified atom stereocenters. The van der Waals surface area contributed by atoms with Gasteiger partial charge in [-0.15, -0.1) is 13.2 Å². The van der Waals surface area contributed by atoms with Gasteiger partial charge in [0, 0.05) is 12.1 Å². The Morgan fingerprint density at radius 1 is 1.38 bits per heavy atom. The Balaban J connectivity index is 2.04. The molecule has 0 radical (unpaired) electrons. The molecule has 0 spiro atoms. The van der Waals surface area contributed by atoms with Gasteiger partial charge in [0.25, 0.3) is 5.91 Å². The first-order valence-electron chi connectivity index (χ1n) is 6.05. The van der Waals surface area contributed by atoms with Crippen molar-refractivity contribution < 1.29 is 27.4 Å². The first kappa shape index (κ1) is 15.1. The third-order valence-electron chi connectivity index (χ3n) is 2.83. The van der Waals surface area contributed by atoms with Gasteiger partial charge in [-0.2, -0.15) is 5.26 Å². The molecule has 112 valence electrons. The van der Waals surface area contributed by atoms with Crippen LogP contribution in [0.3, 0.4) is 0 Å². The van der Waals surface area contributed by atoms with Gasteiger partial charge in [0.15, 0.2) is 6.10 Å². The van der Waals surface area contributed by atoms with Gasteiger partial charge < -0.3 is 14.4 Å². The fraction of sp³-hybridized carbons (Fsp3) is 0.385. The number of benzene rings is 1. The summed E-state index contributed by atoms with van der Waals surface area (Å²) in [6, 6.07) is 6.56. The molecule has 8 heteroatoms. The summed E-state index contributed by atoms with van der Waals surface area (Å²) in [6.45, 7) is 0.715. The van der Waals surface area contributed by atoms with E-state index in [2.05, 4.69) is 4.74 Å². The molecule has 1 fully saturated rings. The molecular weight excluding hydrogens is 289 g/mol. The fourth-order valence-electron chi connectivity index (χ4n) is 1.89. The second-order valence-corrected chi connectivity index (χ2v) is 4.31. The lowest BCUT2D eigenvalue weighted by molar-refractivity contribution is -0.274. The van der Waals surface area contributed by atoms with E-state index in [4.69, 9.17) is 10.00 Å². The monoisotopic (exact) mass is 300 g/mol. The largest absolute Gasteiger partial charge is 0.573 e. The lowest BCUT2D eigenvalue weighted by Crippen LogP contribution is -2.45. The summed E-state index contributed by atoms with van der Waals surface area (Å²) in [7, 11) is 0. The third kappa shape index (κ3) is 4.10. The zero-order valence-electron chi connectivity index (χ0n) is 10.8. The summed E-state index contributed by atoms with van der Waals surface area (Å²) in [4.78, 5) is 13.6. The van der Waals surface area contributed by atoms with Gasteiger partial charge in [0.05, 0.1) is 19.2 Å². The maximum atomic E-state index is 12.2. The molecule has 1 aliphatic heterocycles. The molecule has 5 nitrogen and oxygen atoms in total. The number of amides is 1. The van der Waals surface area contributed by atoms with Crippen molar-refractivity contribution in [3.8, 4) is 11.8 Å². The van der Waals surface area contributed by atoms with E-state index >= 15 is 0 Å². The average Bonchev–Trinajstić information content (AvgIpc) is 2.46. The Labute approximate surface area is 118 Å². The van der Waals surface area contributed by atoms with Crippen LogP contribution >= 0.6 is 0 Å². The van der Waals surface area contributed by atoms with Crippen LogP contribution in [0.4, 0.5) is 13.2 Å². The van der Waals surface area contributed by atoms with Gasteiger partial charge in [0.1, 0.15) is 5.75 Å². The van der Waals surface area contributed by atoms with Crippen LogP contribution in [0.15, 0.2) is 24.3 Å². The SMILES string of the molecule is N#CC1CN(C(=O)c2ccc(OC(F)(F)F)cc2)CCO1. The predicted octanol–water partition coefficient (Wildman–Crippen LogP) is 1.95. The Morgan fingerprint density at radius 3 is 2.62 bits per heavy atom. The standard InChI is InChI=1S/C13H11F3N2O3/c14-13(15,16)21-10-3-1-9(2-4-10)12(19)18-5-6-20-11(7-17)8-18/h1-4,11H,5-6,8H2. The minimum absolute atomic E-state index is 0.135. The van der Waals surface area contributed by atoms with Gasteiger partial charge in [0.2, 0.25) is 0 Å². The summed E-state index contributed by atoms with van der Waals surface area (Å²) >= 11 is 0. The highest BCUT2D eigenvalue weighted by atomic mass is 19.4. The van der Waals surface area contributed by atoms with Crippen LogP contribution in [0, 0.1) is 11.3 Å². The quantitative estimate of drug-likeness (QED) is 0.837. The predicted molar refractivity (Wildman–Crippen MR) is 64.4 cm³/mol. The molecule has 1 aromatic carbocycles. The van der Waals surface area contributed by atoms with Crippen LogP contribution in [0.2, 0.25) is 0 Å². The van der Waals surface area contributed by atoms with E-state index in [9.17, 15) is 18.0 Å². The van der Waals surface area contributed by atoms with Crippen LogP contribution in [0.1, 0.15) is 10.4 Å². The van der Waals surface area contributed by atoms with Crippen molar-refractivity contribution >= 4 is 5.91 Å². The number of carbonyl (C=O) groups excluding carboxylic acids is 1. The van der Waals surface area contributed by atoms with Crippen LogP contribution in [0.25, 0.3) is 0 Å². The molecule has 1 heterocycles. The molecule has 1 atom stereocenters. The molecule has 1 aromatic rings. The van der Waals surface area contributed by atoms with Crippen molar-refractivity contribution in [2.24, 2.45) is 0 Å². The smallest absolute Gasteiger partial charge is 0.406 e. The van der Waals surface area contributed by atoms with E-state index < -0.39 is 18.2 Å². The Morgan fingerprint density at radius 2 is 2.05 bits per heavy atom. The van der Waals surface area contributed by atoms with Crippen LogP contribution < -0.4 is 4.74 Å². The molecule has 1 saturated heterocycles. The minimum atomic E-state index is -4.77. The summed E-state index contributed by atoms with van der Waals surface area (Å²) in [5.74, 6) is -0.756. The number of halogens is 3. The Bertz CT molecular complexity index is 551. The second kappa shape index (κ2) is 6.01. The van der Waals surface area contributed by atoms with Crippen molar-refractivity contribution in [3.63, 3.8) is 0 Å². The van der Waals surface area contributed by atoms with E-state index in [1.165, 1.54) is 17.0 Å². The van der Waals surface area contributed by atoms with Gasteiger partial charge in [-0.25, -0.2) is 0 Å². The van der Waals surface area contributed by atoms with Crippen LogP contribution in [0.5, 0.6) is 5.75 Å². The fourth-order valence-corrected chi connectivity index (χ4v) is 1.89. The summed E-state index contributed by atoms with van der Waals surface area (Å²) < 4.78 is 44.9. The number of morpholine rings is 1. The first-order chi connectivity index (χ1) is 9.89. The third-order valence-corrected chi connectivity index (χ3v) is 2.83. The van der Waals surface area contributed by atoms with Gasteiger partial charge in [-0.1, -0.05) is 0 Å². The lowest BCUT2D eigenvalue weighted by atomic mass is 10.1. The molecule has 0 aliphatic carbocycles. The summed E-state index contributed by atoms with van der Waals surface area (Å²) in [6.07, 6.45) is -5.45. The van der Waals surface area contributed by atoms with Crippen molar-refractivity contribution in [2.75, 3.05) is 19.7 Å². The average molecular weight is 300 g/mol. The summed E-state index contributed by atoms with van der Waals surface area (Å²) in [5, 5.41) is 8.77. The number of nitriles is 1. The van der Waals surface area contributed by atoms with Crippen LogP contribution in [-0.4, -0.2) is 43.0 Å². The lowest BCUT2D eigenvalue weighted by Gasteiger charge is -2.29. The van der Waals surface area contributed by atoms with Gasteiger partial charge in [-0.3, -0.25) is 4.79 Å². The first-order valence-corrected chi connectivity index (χ1v) is 6.05. The van der Waals surface area contributed by atoms with E-state index in [0.29, 0.717) is 6.54 Å². The van der Waals surface area contributed by atoms with E-state index in [1.54, 1.807) is 0 Å². The molecule has 1 amide bonds. The van der Waals surface area contributed by atoms with E-state index in [1.807, 2.05) is 6.07 Å². The zero-order valence-corrected chi connectivity index (χ0v) is 10.8. The van der Waals surface area contributed by atoms with Gasteiger partial charge in [-0.05, 0) is 24.3 Å². The molecule has 1 aliphatic rings. The summed E-state index contributed by atoms with van der Waals surface area (Å²) in [5.41, 5.74) is 0.225. The number of ether oxygens (including phenoxy) is 2. The number of nitrogens with zero attached hydrogens (tertiary/aromatic N) is 2. The highest BCUT2D eigenvalue weighted by Crippen LogP contribution is 2.23. The normalized spacial score (nSPS) is 19.0. The van der Waals surface area contributed by atoms with E-state index in [0.717, 1.165) is 12.1 Å². The van der Waals surface area contributed by atoms with Crippen molar-refractivity contribution in [2.45, 2.75) is 12.5 Å². The minimum Gasteiger partial charge on any atom is -0.406 e. The second-order valence-electron chi connectivity index (χ2n) is 4.31. The molecule has 0 aromatic heterocycles. The number of rotatable bonds is 2. The van der Waals surface area contributed by atoms with E-state index in [-0.39, 0.29) is 24.6 Å². The molecule has 2 rings (SSSR count). The number of carbonyl (C=O) groups is 1. The highest BCUT2D eigenvalue weighted by molar-refractivity contribution is 5.94. The number of hydrogen-bond donors (Lipinski definition) is 0. The maximum Gasteiger partial charge on any atom is 0.573 e. The molecule has 0 saturated carbocycles. The van der Waals surface area contributed by atoms with Crippen molar-refractivity contribution in [3.05, 3.63) is 29.8 Å². The zero-order chi connectivity index (χ0) is 15.5. The van der Waals surface area contributed by atoms with Gasteiger partial charge >= 0.3 is 6.36 Å². The molecule has 0 bridgehead atoms. The van der Waals surface area contributed by atoms with Crippen LogP contribution in [-0.2, 0) is 4.74 Å². The highest BCUT2D eigenvalue weighted by Gasteiger charge is 2.31. The van der Waals surface area contributed by atoms with Crippen molar-refractivity contribution in [1.29, 1.82) is 5.26 Å². The molecular formula is C13H11F3N2O3. The number of alkyl halides is 3. The van der Waals surface area contributed by atoms with Crippen molar-refractivity contribution in [1.82, 2.24) is 4.90 Å². The Kier molecular flexibility index (Phi) is 4.33. The maximum absolute atomic E-state index is 12.2. The molecule has 21 heavy (non-hydrogen) atoms.